The topological polar surface area (TPSA) is 29.3 Å². The quantitative estimate of drug-likeness (QED) is 0.902. The Morgan fingerprint density at radius 2 is 1.85 bits per heavy atom. The molecule has 20 heavy (non-hydrogen) atoms. The highest BCUT2D eigenvalue weighted by atomic mass is 19.1. The van der Waals surface area contributed by atoms with E-state index < -0.39 is 0 Å². The lowest BCUT2D eigenvalue weighted by molar-refractivity contribution is 0.615. The molecule has 0 amide bonds. The number of hydrogen-bond acceptors (Lipinski definition) is 2. The number of rotatable bonds is 5. The third kappa shape index (κ3) is 3.17. The summed E-state index contributed by atoms with van der Waals surface area (Å²) in [4.78, 5) is 2.09. The van der Waals surface area contributed by atoms with Crippen LogP contribution in [0.3, 0.4) is 0 Å². The van der Waals surface area contributed by atoms with Crippen LogP contribution in [0.25, 0.3) is 0 Å². The first-order chi connectivity index (χ1) is 9.65. The maximum absolute atomic E-state index is 13.4. The maximum Gasteiger partial charge on any atom is 0.123 e. The van der Waals surface area contributed by atoms with E-state index in [9.17, 15) is 4.39 Å². The standard InChI is InChI=1S/C17H21FN2/c1-3-13-7-9-16(10-8-13)20(2)17(12-19)14-5-4-6-15(18)11-14/h4-11,17H,3,12,19H2,1-2H3. The molecular formula is C17H21FN2. The van der Waals surface area contributed by atoms with Crippen LogP contribution in [0, 0.1) is 5.82 Å². The smallest absolute Gasteiger partial charge is 0.123 e. The van der Waals surface area contributed by atoms with Crippen molar-refractivity contribution in [3.05, 3.63) is 65.5 Å². The molecule has 0 spiro atoms. The Labute approximate surface area is 120 Å². The van der Waals surface area contributed by atoms with Gasteiger partial charge in [-0.15, -0.1) is 0 Å². The second-order valence-electron chi connectivity index (χ2n) is 4.94. The molecule has 3 heteroatoms. The van der Waals surface area contributed by atoms with Crippen molar-refractivity contribution in [1.29, 1.82) is 0 Å². The summed E-state index contributed by atoms with van der Waals surface area (Å²) < 4.78 is 13.4. The molecular weight excluding hydrogens is 251 g/mol. The van der Waals surface area contributed by atoms with E-state index in [2.05, 4.69) is 36.1 Å². The molecule has 0 bridgehead atoms. The second kappa shape index (κ2) is 6.53. The minimum atomic E-state index is -0.226. The van der Waals surface area contributed by atoms with Gasteiger partial charge in [-0.25, -0.2) is 4.39 Å². The van der Waals surface area contributed by atoms with E-state index in [4.69, 9.17) is 5.73 Å². The van der Waals surface area contributed by atoms with Crippen molar-refractivity contribution in [3.8, 4) is 0 Å². The minimum Gasteiger partial charge on any atom is -0.366 e. The second-order valence-corrected chi connectivity index (χ2v) is 4.94. The number of hydrogen-bond donors (Lipinski definition) is 1. The maximum atomic E-state index is 13.4. The number of nitrogens with zero attached hydrogens (tertiary/aromatic N) is 1. The predicted molar refractivity (Wildman–Crippen MR) is 82.4 cm³/mol. The van der Waals surface area contributed by atoms with Gasteiger partial charge in [-0.1, -0.05) is 31.2 Å². The van der Waals surface area contributed by atoms with Gasteiger partial charge in [0.05, 0.1) is 6.04 Å². The highest BCUT2D eigenvalue weighted by molar-refractivity contribution is 5.49. The van der Waals surface area contributed by atoms with Gasteiger partial charge in [-0.3, -0.25) is 0 Å². The Morgan fingerprint density at radius 1 is 1.15 bits per heavy atom. The molecule has 0 saturated carbocycles. The zero-order valence-electron chi connectivity index (χ0n) is 12.0. The molecule has 0 aliphatic heterocycles. The summed E-state index contributed by atoms with van der Waals surface area (Å²) in [6.45, 7) is 2.57. The molecule has 106 valence electrons. The van der Waals surface area contributed by atoms with E-state index in [1.807, 2.05) is 13.1 Å². The fourth-order valence-corrected chi connectivity index (χ4v) is 2.38. The summed E-state index contributed by atoms with van der Waals surface area (Å²) in [5.41, 5.74) is 9.17. The molecule has 0 fully saturated rings. The summed E-state index contributed by atoms with van der Waals surface area (Å²) >= 11 is 0. The molecule has 0 saturated heterocycles. The normalized spacial score (nSPS) is 12.2. The Kier molecular flexibility index (Phi) is 4.74. The molecule has 2 aromatic carbocycles. The molecule has 0 aliphatic carbocycles. The van der Waals surface area contributed by atoms with Gasteiger partial charge in [-0.2, -0.15) is 0 Å². The van der Waals surface area contributed by atoms with E-state index in [-0.39, 0.29) is 11.9 Å². The summed E-state index contributed by atoms with van der Waals surface area (Å²) in [6.07, 6.45) is 1.02. The van der Waals surface area contributed by atoms with E-state index in [1.165, 1.54) is 11.6 Å². The van der Waals surface area contributed by atoms with Crippen LogP contribution in [-0.2, 0) is 6.42 Å². The van der Waals surface area contributed by atoms with Crippen LogP contribution in [0.15, 0.2) is 48.5 Å². The lowest BCUT2D eigenvalue weighted by Gasteiger charge is -2.29. The number of aryl methyl sites for hydroxylation is 1. The Balaban J connectivity index is 2.26. The van der Waals surface area contributed by atoms with Gasteiger partial charge in [0.15, 0.2) is 0 Å². The highest BCUT2D eigenvalue weighted by Crippen LogP contribution is 2.25. The van der Waals surface area contributed by atoms with Gasteiger partial charge in [0, 0.05) is 19.3 Å². The predicted octanol–water partition coefficient (Wildman–Crippen LogP) is 3.52. The largest absolute Gasteiger partial charge is 0.366 e. The first-order valence-electron chi connectivity index (χ1n) is 6.93. The third-order valence-electron chi connectivity index (χ3n) is 3.68. The Morgan fingerprint density at radius 3 is 2.40 bits per heavy atom. The van der Waals surface area contributed by atoms with Crippen molar-refractivity contribution in [2.75, 3.05) is 18.5 Å². The first kappa shape index (κ1) is 14.5. The van der Waals surface area contributed by atoms with Gasteiger partial charge < -0.3 is 10.6 Å². The van der Waals surface area contributed by atoms with E-state index in [0.717, 1.165) is 17.7 Å². The van der Waals surface area contributed by atoms with Crippen molar-refractivity contribution in [1.82, 2.24) is 0 Å². The van der Waals surface area contributed by atoms with Gasteiger partial charge in [0.25, 0.3) is 0 Å². The van der Waals surface area contributed by atoms with Gasteiger partial charge in [0.2, 0.25) is 0 Å². The molecule has 2 nitrogen and oxygen atoms in total. The van der Waals surface area contributed by atoms with Gasteiger partial charge >= 0.3 is 0 Å². The van der Waals surface area contributed by atoms with Gasteiger partial charge in [-0.05, 0) is 41.8 Å². The van der Waals surface area contributed by atoms with E-state index in [1.54, 1.807) is 12.1 Å². The van der Waals surface area contributed by atoms with Crippen molar-refractivity contribution in [3.63, 3.8) is 0 Å². The number of benzene rings is 2. The van der Waals surface area contributed by atoms with Gasteiger partial charge in [0.1, 0.15) is 5.82 Å². The van der Waals surface area contributed by atoms with E-state index in [0.29, 0.717) is 6.54 Å². The van der Waals surface area contributed by atoms with Crippen LogP contribution < -0.4 is 10.6 Å². The highest BCUT2D eigenvalue weighted by Gasteiger charge is 2.16. The van der Waals surface area contributed by atoms with Crippen LogP contribution in [0.5, 0.6) is 0 Å². The lowest BCUT2D eigenvalue weighted by atomic mass is 10.0. The number of anilines is 1. The molecule has 2 rings (SSSR count). The van der Waals surface area contributed by atoms with Crippen LogP contribution >= 0.6 is 0 Å². The van der Waals surface area contributed by atoms with Crippen LogP contribution in [0.4, 0.5) is 10.1 Å². The molecule has 2 aromatic rings. The van der Waals surface area contributed by atoms with Crippen molar-refractivity contribution < 1.29 is 4.39 Å². The number of likely N-dealkylation sites (N-methyl/N-ethyl adjacent to an activating group) is 1. The van der Waals surface area contributed by atoms with Crippen molar-refractivity contribution >= 4 is 5.69 Å². The average molecular weight is 272 g/mol. The Bertz CT molecular complexity index is 551. The monoisotopic (exact) mass is 272 g/mol. The zero-order chi connectivity index (χ0) is 14.5. The fraction of sp³-hybridized carbons (Fsp3) is 0.294. The molecule has 0 radical (unpaired) electrons. The molecule has 1 unspecified atom stereocenters. The minimum absolute atomic E-state index is 0.0295. The average Bonchev–Trinajstić information content (AvgIpc) is 2.48. The summed E-state index contributed by atoms with van der Waals surface area (Å²) in [5, 5.41) is 0. The number of halogens is 1. The van der Waals surface area contributed by atoms with Crippen molar-refractivity contribution in [2.45, 2.75) is 19.4 Å². The summed E-state index contributed by atoms with van der Waals surface area (Å²) in [7, 11) is 1.99. The summed E-state index contributed by atoms with van der Waals surface area (Å²) in [6, 6.07) is 15.0. The SMILES string of the molecule is CCc1ccc(N(C)C(CN)c2cccc(F)c2)cc1. The lowest BCUT2D eigenvalue weighted by Crippen LogP contribution is -2.30. The molecule has 0 aromatic heterocycles. The van der Waals surface area contributed by atoms with Crippen molar-refractivity contribution in [2.24, 2.45) is 5.73 Å². The Hall–Kier alpha value is -1.87. The number of nitrogens with two attached hydrogens (primary N) is 1. The third-order valence-corrected chi connectivity index (χ3v) is 3.68. The van der Waals surface area contributed by atoms with Crippen LogP contribution in [-0.4, -0.2) is 13.6 Å². The summed E-state index contributed by atoms with van der Waals surface area (Å²) in [5.74, 6) is -0.226. The zero-order valence-corrected chi connectivity index (χ0v) is 12.0. The first-order valence-corrected chi connectivity index (χ1v) is 6.93. The van der Waals surface area contributed by atoms with E-state index >= 15 is 0 Å². The fourth-order valence-electron chi connectivity index (χ4n) is 2.38. The molecule has 0 aliphatic rings. The van der Waals surface area contributed by atoms with Crippen LogP contribution in [0.2, 0.25) is 0 Å². The molecule has 1 atom stereocenters. The molecule has 0 heterocycles. The van der Waals surface area contributed by atoms with Crippen LogP contribution in [0.1, 0.15) is 24.1 Å². The molecule has 2 N–H and O–H groups in total.